The van der Waals surface area contributed by atoms with Crippen LogP contribution in [0.5, 0.6) is 0 Å². The molecule has 1 aromatic rings. The summed E-state index contributed by atoms with van der Waals surface area (Å²) < 4.78 is 5.28. The fourth-order valence-corrected chi connectivity index (χ4v) is 1.73. The molecular formula is C14H20N2O4. The van der Waals surface area contributed by atoms with Gasteiger partial charge in [0.15, 0.2) is 0 Å². The van der Waals surface area contributed by atoms with Crippen molar-refractivity contribution < 1.29 is 19.4 Å². The maximum atomic E-state index is 12.1. The maximum Gasteiger partial charge on any atom is 0.335 e. The number of likely N-dealkylation sites (N-methyl/N-ethyl adjacent to an activating group) is 1. The smallest absolute Gasteiger partial charge is 0.335 e. The number of carbonyl (C=O) groups excluding carboxylic acids is 1. The number of nitrogens with zero attached hydrogens (tertiary/aromatic N) is 1. The summed E-state index contributed by atoms with van der Waals surface area (Å²) in [5.74, 6) is -1.27. The van der Waals surface area contributed by atoms with E-state index < -0.39 is 5.97 Å². The fraction of sp³-hybridized carbons (Fsp3) is 0.429. The average Bonchev–Trinajstić information content (AvgIpc) is 2.38. The van der Waals surface area contributed by atoms with E-state index in [1.165, 1.54) is 23.1 Å². The molecule has 0 fully saturated rings. The van der Waals surface area contributed by atoms with Gasteiger partial charge >= 0.3 is 5.97 Å². The first-order chi connectivity index (χ1) is 9.36. The molecule has 0 spiro atoms. The Balaban J connectivity index is 2.95. The van der Waals surface area contributed by atoms with Gasteiger partial charge in [-0.15, -0.1) is 0 Å². The Morgan fingerprint density at radius 3 is 2.50 bits per heavy atom. The zero-order chi connectivity index (χ0) is 15.3. The molecule has 1 aromatic carbocycles. The molecule has 20 heavy (non-hydrogen) atoms. The highest BCUT2D eigenvalue weighted by molar-refractivity contribution is 5.98. The zero-order valence-electron chi connectivity index (χ0n) is 11.9. The summed E-state index contributed by atoms with van der Waals surface area (Å²) in [5, 5.41) is 8.89. The minimum Gasteiger partial charge on any atom is -0.478 e. The van der Waals surface area contributed by atoms with Gasteiger partial charge in [-0.1, -0.05) is 0 Å². The second-order valence-electron chi connectivity index (χ2n) is 4.58. The summed E-state index contributed by atoms with van der Waals surface area (Å²) in [6.45, 7) is 5.90. The highest BCUT2D eigenvalue weighted by Gasteiger charge is 2.18. The first-order valence-corrected chi connectivity index (χ1v) is 6.41. The third kappa shape index (κ3) is 3.96. The van der Waals surface area contributed by atoms with Gasteiger partial charge in [0.25, 0.3) is 5.91 Å². The van der Waals surface area contributed by atoms with Crippen molar-refractivity contribution in [2.45, 2.75) is 26.9 Å². The summed E-state index contributed by atoms with van der Waals surface area (Å²) in [5.41, 5.74) is 6.67. The van der Waals surface area contributed by atoms with E-state index in [4.69, 9.17) is 15.6 Å². The number of hydrogen-bond donors (Lipinski definition) is 2. The number of nitrogens with two attached hydrogens (primary N) is 1. The van der Waals surface area contributed by atoms with Gasteiger partial charge in [0.05, 0.1) is 23.0 Å². The third-order valence-electron chi connectivity index (χ3n) is 2.72. The summed E-state index contributed by atoms with van der Waals surface area (Å²) in [6.07, 6.45) is -0.0376. The molecule has 1 amide bonds. The van der Waals surface area contributed by atoms with E-state index in [0.717, 1.165) is 0 Å². The molecule has 6 heteroatoms. The number of carboxylic acids is 1. The Labute approximate surface area is 118 Å². The number of ether oxygens (including phenoxy) is 1. The van der Waals surface area contributed by atoms with Gasteiger partial charge < -0.3 is 20.5 Å². The predicted octanol–water partition coefficient (Wildman–Crippen LogP) is 1.74. The Bertz CT molecular complexity index is 500. The number of rotatable bonds is 6. The van der Waals surface area contributed by atoms with Crippen LogP contribution >= 0.6 is 0 Å². The van der Waals surface area contributed by atoms with E-state index in [-0.39, 0.29) is 29.9 Å². The van der Waals surface area contributed by atoms with E-state index in [1.807, 2.05) is 20.8 Å². The quantitative estimate of drug-likeness (QED) is 0.774. The van der Waals surface area contributed by atoms with Crippen LogP contribution in [0.25, 0.3) is 0 Å². The van der Waals surface area contributed by atoms with Gasteiger partial charge in [-0.05, 0) is 39.0 Å². The van der Waals surface area contributed by atoms with Gasteiger partial charge in [0, 0.05) is 6.54 Å². The molecule has 0 aliphatic heterocycles. The molecule has 110 valence electrons. The molecule has 0 aromatic heterocycles. The summed E-state index contributed by atoms with van der Waals surface area (Å²) in [7, 11) is 0. The minimum absolute atomic E-state index is 0.0361. The van der Waals surface area contributed by atoms with Crippen molar-refractivity contribution in [1.82, 2.24) is 0 Å². The number of carbonyl (C=O) groups is 2. The standard InChI is InChI=1S/C14H20N2O4/c1-4-16(13(17)8-20-9(2)3)12-6-5-10(14(18)19)7-11(12)15/h5-7,9H,4,8,15H2,1-3H3,(H,18,19). The highest BCUT2D eigenvalue weighted by Crippen LogP contribution is 2.24. The van der Waals surface area contributed by atoms with Crippen LogP contribution in [-0.2, 0) is 9.53 Å². The number of amides is 1. The molecule has 0 aliphatic carbocycles. The third-order valence-corrected chi connectivity index (χ3v) is 2.72. The van der Waals surface area contributed by atoms with E-state index in [9.17, 15) is 9.59 Å². The van der Waals surface area contributed by atoms with Crippen molar-refractivity contribution in [2.24, 2.45) is 0 Å². The molecule has 0 saturated carbocycles. The van der Waals surface area contributed by atoms with E-state index >= 15 is 0 Å². The van der Waals surface area contributed by atoms with Gasteiger partial charge in [0.1, 0.15) is 6.61 Å². The lowest BCUT2D eigenvalue weighted by Crippen LogP contribution is -2.35. The molecule has 0 bridgehead atoms. The predicted molar refractivity (Wildman–Crippen MR) is 76.9 cm³/mol. The van der Waals surface area contributed by atoms with E-state index in [0.29, 0.717) is 12.2 Å². The Kier molecular flexibility index (Phi) is 5.52. The molecule has 0 atom stereocenters. The monoisotopic (exact) mass is 280 g/mol. The number of benzene rings is 1. The Morgan fingerprint density at radius 2 is 2.05 bits per heavy atom. The molecule has 0 radical (unpaired) electrons. The van der Waals surface area contributed by atoms with Crippen LogP contribution < -0.4 is 10.6 Å². The lowest BCUT2D eigenvalue weighted by Gasteiger charge is -2.23. The van der Waals surface area contributed by atoms with Crippen molar-refractivity contribution in [3.05, 3.63) is 23.8 Å². The molecular weight excluding hydrogens is 260 g/mol. The van der Waals surface area contributed by atoms with Crippen molar-refractivity contribution in [1.29, 1.82) is 0 Å². The number of carboxylic acid groups (broad SMARTS) is 1. The van der Waals surface area contributed by atoms with Gasteiger partial charge in [-0.3, -0.25) is 4.79 Å². The lowest BCUT2D eigenvalue weighted by molar-refractivity contribution is -0.124. The maximum absolute atomic E-state index is 12.1. The van der Waals surface area contributed by atoms with Gasteiger partial charge in [-0.25, -0.2) is 4.79 Å². The molecule has 0 heterocycles. The van der Waals surface area contributed by atoms with Crippen molar-refractivity contribution in [3.8, 4) is 0 Å². The molecule has 0 unspecified atom stereocenters. The van der Waals surface area contributed by atoms with Gasteiger partial charge in [-0.2, -0.15) is 0 Å². The summed E-state index contributed by atoms with van der Waals surface area (Å²) in [4.78, 5) is 24.4. The van der Waals surface area contributed by atoms with Gasteiger partial charge in [0.2, 0.25) is 0 Å². The van der Waals surface area contributed by atoms with Crippen LogP contribution in [0, 0.1) is 0 Å². The Hall–Kier alpha value is -2.08. The van der Waals surface area contributed by atoms with Crippen molar-refractivity contribution >= 4 is 23.3 Å². The first kappa shape index (κ1) is 16.0. The number of anilines is 2. The van der Waals surface area contributed by atoms with Crippen LogP contribution in [0.3, 0.4) is 0 Å². The second-order valence-corrected chi connectivity index (χ2v) is 4.58. The highest BCUT2D eigenvalue weighted by atomic mass is 16.5. The topological polar surface area (TPSA) is 92.9 Å². The van der Waals surface area contributed by atoms with Crippen LogP contribution in [0.15, 0.2) is 18.2 Å². The van der Waals surface area contributed by atoms with Crippen LogP contribution in [0.4, 0.5) is 11.4 Å². The molecule has 0 aliphatic rings. The number of aromatic carboxylic acids is 1. The van der Waals surface area contributed by atoms with Crippen LogP contribution in [-0.4, -0.2) is 36.2 Å². The van der Waals surface area contributed by atoms with Crippen molar-refractivity contribution in [2.75, 3.05) is 23.8 Å². The summed E-state index contributed by atoms with van der Waals surface area (Å²) >= 11 is 0. The largest absolute Gasteiger partial charge is 0.478 e. The second kappa shape index (κ2) is 6.91. The molecule has 1 rings (SSSR count). The Morgan fingerprint density at radius 1 is 1.40 bits per heavy atom. The van der Waals surface area contributed by atoms with E-state index in [2.05, 4.69) is 0 Å². The number of nitrogen functional groups attached to an aromatic ring is 1. The molecule has 0 saturated heterocycles. The molecule has 3 N–H and O–H groups in total. The van der Waals surface area contributed by atoms with Crippen LogP contribution in [0.2, 0.25) is 0 Å². The molecule has 6 nitrogen and oxygen atoms in total. The minimum atomic E-state index is -1.05. The average molecular weight is 280 g/mol. The van der Waals surface area contributed by atoms with Crippen LogP contribution in [0.1, 0.15) is 31.1 Å². The first-order valence-electron chi connectivity index (χ1n) is 6.41. The summed E-state index contributed by atoms with van der Waals surface area (Å²) in [6, 6.07) is 4.31. The number of hydrogen-bond acceptors (Lipinski definition) is 4. The normalized spacial score (nSPS) is 10.6. The zero-order valence-corrected chi connectivity index (χ0v) is 11.9. The van der Waals surface area contributed by atoms with Crippen molar-refractivity contribution in [3.63, 3.8) is 0 Å². The lowest BCUT2D eigenvalue weighted by atomic mass is 10.1. The van der Waals surface area contributed by atoms with E-state index in [1.54, 1.807) is 0 Å². The SMILES string of the molecule is CCN(C(=O)COC(C)C)c1ccc(C(=O)O)cc1N. The fourth-order valence-electron chi connectivity index (χ4n) is 1.73.